The fourth-order valence-corrected chi connectivity index (χ4v) is 5.73. The van der Waals surface area contributed by atoms with E-state index in [1.54, 1.807) is 11.8 Å². The summed E-state index contributed by atoms with van der Waals surface area (Å²) in [5, 5.41) is 4.38. The Hall–Kier alpha value is -3.06. The second-order valence-corrected chi connectivity index (χ2v) is 9.94. The normalized spacial score (nSPS) is 20.8. The molecule has 3 aliphatic rings. The lowest BCUT2D eigenvalue weighted by atomic mass is 10.0. The Labute approximate surface area is 191 Å². The summed E-state index contributed by atoms with van der Waals surface area (Å²) in [5.74, 6) is 1.72. The molecule has 0 spiro atoms. The first-order chi connectivity index (χ1) is 15.6. The van der Waals surface area contributed by atoms with Crippen LogP contribution in [0.2, 0.25) is 0 Å². The molecule has 6 nitrogen and oxygen atoms in total. The van der Waals surface area contributed by atoms with E-state index in [1.807, 2.05) is 35.1 Å². The number of guanidine groups is 1. The third-order valence-corrected chi connectivity index (χ3v) is 7.72. The summed E-state index contributed by atoms with van der Waals surface area (Å²) in [5.41, 5.74) is 3.78. The maximum absolute atomic E-state index is 13.9. The average molecular weight is 444 g/mol. The molecule has 0 unspecified atom stereocenters. The third kappa shape index (κ3) is 2.98. The highest BCUT2D eigenvalue weighted by Gasteiger charge is 2.58. The Balaban J connectivity index is 1.38. The van der Waals surface area contributed by atoms with Crippen molar-refractivity contribution < 1.29 is 4.79 Å². The zero-order valence-corrected chi connectivity index (χ0v) is 19.0. The molecule has 3 heterocycles. The van der Waals surface area contributed by atoms with E-state index in [2.05, 4.69) is 59.4 Å². The molecule has 2 aliphatic heterocycles. The molecule has 32 heavy (non-hydrogen) atoms. The first-order valence-electron chi connectivity index (χ1n) is 11.0. The van der Waals surface area contributed by atoms with E-state index in [-0.39, 0.29) is 17.5 Å². The summed E-state index contributed by atoms with van der Waals surface area (Å²) in [4.78, 5) is 24.1. The lowest BCUT2D eigenvalue weighted by Crippen LogP contribution is -2.56. The molecule has 1 saturated carbocycles. The van der Waals surface area contributed by atoms with Gasteiger partial charge in [0.2, 0.25) is 5.96 Å². The number of nitrogens with zero attached hydrogens (tertiary/aromatic N) is 5. The van der Waals surface area contributed by atoms with E-state index >= 15 is 0 Å². The molecule has 0 radical (unpaired) electrons. The molecule has 1 atom stereocenters. The molecule has 0 bridgehead atoms. The lowest BCUT2D eigenvalue weighted by molar-refractivity contribution is 0.0774. The van der Waals surface area contributed by atoms with Crippen molar-refractivity contribution in [3.63, 3.8) is 0 Å². The molecule has 0 N–H and O–H groups in total. The number of thioether (sulfide) groups is 1. The number of hydrogen-bond donors (Lipinski definition) is 0. The molecule has 1 aromatic heterocycles. The van der Waals surface area contributed by atoms with Crippen molar-refractivity contribution in [1.82, 2.24) is 14.7 Å². The maximum Gasteiger partial charge on any atom is 0.263 e. The zero-order valence-electron chi connectivity index (χ0n) is 18.2. The number of aryl methyl sites for hydroxylation is 1. The van der Waals surface area contributed by atoms with Crippen LogP contribution in [0.1, 0.15) is 41.3 Å². The molecule has 162 valence electrons. The van der Waals surface area contributed by atoms with Crippen LogP contribution in [-0.2, 0) is 18.3 Å². The number of anilines is 1. The Morgan fingerprint density at radius 2 is 1.97 bits per heavy atom. The highest BCUT2D eigenvalue weighted by Crippen LogP contribution is 2.54. The van der Waals surface area contributed by atoms with Crippen LogP contribution in [0.15, 0.2) is 70.8 Å². The molecule has 0 saturated heterocycles. The van der Waals surface area contributed by atoms with Gasteiger partial charge in [0.05, 0.1) is 35.6 Å². The number of fused-ring (bicyclic) bond motifs is 3. The van der Waals surface area contributed by atoms with Gasteiger partial charge in [0.25, 0.3) is 5.91 Å². The number of benzene rings is 2. The number of aliphatic imine (C=N–C) groups is 1. The second-order valence-electron chi connectivity index (χ2n) is 8.89. The van der Waals surface area contributed by atoms with E-state index in [0.29, 0.717) is 6.54 Å². The molecule has 7 heteroatoms. The maximum atomic E-state index is 13.9. The standard InChI is InChI=1S/C25H25N5OS/c1-17-13-26-24-29(17)22-9-8-20(32-16-18-6-4-3-5-7-18)12-21(22)23(31)30(24)25(10-11-25)19-14-27-28(2)15-19/h3-9,12,14-15,17H,10-11,13,16H2,1-2H3/t17-/m1/s1. The topological polar surface area (TPSA) is 53.7 Å². The van der Waals surface area contributed by atoms with Gasteiger partial charge in [0.15, 0.2) is 0 Å². The highest BCUT2D eigenvalue weighted by molar-refractivity contribution is 7.98. The summed E-state index contributed by atoms with van der Waals surface area (Å²) in [6, 6.07) is 17.0. The molecule has 1 aliphatic carbocycles. The first kappa shape index (κ1) is 19.6. The van der Waals surface area contributed by atoms with Crippen LogP contribution in [0.3, 0.4) is 0 Å². The number of carbonyl (C=O) groups excluding carboxylic acids is 1. The molecular formula is C25H25N5OS. The monoisotopic (exact) mass is 443 g/mol. The highest BCUT2D eigenvalue weighted by atomic mass is 32.2. The number of amides is 1. The average Bonchev–Trinajstić information content (AvgIpc) is 3.34. The van der Waals surface area contributed by atoms with E-state index in [9.17, 15) is 4.79 Å². The summed E-state index contributed by atoms with van der Waals surface area (Å²) in [6.07, 6.45) is 5.79. The van der Waals surface area contributed by atoms with Gasteiger partial charge in [-0.1, -0.05) is 30.3 Å². The van der Waals surface area contributed by atoms with Gasteiger partial charge in [0, 0.05) is 29.5 Å². The van der Waals surface area contributed by atoms with Gasteiger partial charge >= 0.3 is 0 Å². The van der Waals surface area contributed by atoms with E-state index in [4.69, 9.17) is 4.99 Å². The van der Waals surface area contributed by atoms with Crippen LogP contribution in [0.5, 0.6) is 0 Å². The van der Waals surface area contributed by atoms with Crippen molar-refractivity contribution in [3.05, 3.63) is 77.6 Å². The fraction of sp³-hybridized carbons (Fsp3) is 0.320. The smallest absolute Gasteiger partial charge is 0.263 e. The van der Waals surface area contributed by atoms with Gasteiger partial charge in [0.1, 0.15) is 0 Å². The summed E-state index contributed by atoms with van der Waals surface area (Å²) >= 11 is 1.77. The molecule has 3 aromatic rings. The number of aromatic nitrogens is 2. The number of rotatable bonds is 5. The minimum atomic E-state index is -0.336. The van der Waals surface area contributed by atoms with Gasteiger partial charge in [-0.3, -0.25) is 19.4 Å². The SMILES string of the molecule is C[C@@H]1CN=C2N1c1ccc(SCc3ccccc3)cc1C(=O)N2C1(c2cnn(C)c2)CC1. The predicted molar refractivity (Wildman–Crippen MR) is 127 cm³/mol. The van der Waals surface area contributed by atoms with E-state index < -0.39 is 0 Å². The van der Waals surface area contributed by atoms with Crippen molar-refractivity contribution in [2.75, 3.05) is 11.4 Å². The van der Waals surface area contributed by atoms with Crippen molar-refractivity contribution >= 4 is 29.3 Å². The van der Waals surface area contributed by atoms with Crippen molar-refractivity contribution in [1.29, 1.82) is 0 Å². The summed E-state index contributed by atoms with van der Waals surface area (Å²) in [7, 11) is 1.92. The summed E-state index contributed by atoms with van der Waals surface area (Å²) < 4.78 is 1.81. The fourth-order valence-electron chi connectivity index (χ4n) is 4.84. The Kier molecular flexibility index (Phi) is 4.43. The van der Waals surface area contributed by atoms with Crippen LogP contribution in [0.25, 0.3) is 0 Å². The molecule has 2 aromatic carbocycles. The minimum absolute atomic E-state index is 0.0487. The van der Waals surface area contributed by atoms with Crippen molar-refractivity contribution in [3.8, 4) is 0 Å². The zero-order chi connectivity index (χ0) is 21.9. The van der Waals surface area contributed by atoms with E-state index in [1.165, 1.54) is 5.56 Å². The van der Waals surface area contributed by atoms with Crippen LogP contribution >= 0.6 is 11.8 Å². The molecule has 6 rings (SSSR count). The van der Waals surface area contributed by atoms with Gasteiger partial charge in [-0.15, -0.1) is 11.8 Å². The molecular weight excluding hydrogens is 418 g/mol. The quantitative estimate of drug-likeness (QED) is 0.548. The molecule has 1 amide bonds. The number of carbonyl (C=O) groups is 1. The van der Waals surface area contributed by atoms with Gasteiger partial charge < -0.3 is 4.90 Å². The lowest BCUT2D eigenvalue weighted by Gasteiger charge is -2.42. The second kappa shape index (κ2) is 7.24. The van der Waals surface area contributed by atoms with Crippen LogP contribution in [-0.4, -0.2) is 39.1 Å². The Bertz CT molecular complexity index is 1230. The minimum Gasteiger partial charge on any atom is -0.307 e. The van der Waals surface area contributed by atoms with Crippen molar-refractivity contribution in [2.24, 2.45) is 12.0 Å². The largest absolute Gasteiger partial charge is 0.307 e. The first-order valence-corrected chi connectivity index (χ1v) is 12.0. The number of hydrogen-bond acceptors (Lipinski definition) is 5. The van der Waals surface area contributed by atoms with Gasteiger partial charge in [-0.2, -0.15) is 5.10 Å². The van der Waals surface area contributed by atoms with Gasteiger partial charge in [-0.05, 0) is 43.5 Å². The predicted octanol–water partition coefficient (Wildman–Crippen LogP) is 4.42. The third-order valence-electron chi connectivity index (χ3n) is 6.66. The summed E-state index contributed by atoms with van der Waals surface area (Å²) in [6.45, 7) is 2.88. The molecule has 1 fully saturated rings. The Morgan fingerprint density at radius 1 is 1.16 bits per heavy atom. The van der Waals surface area contributed by atoms with Crippen molar-refractivity contribution in [2.45, 2.75) is 42.0 Å². The van der Waals surface area contributed by atoms with Gasteiger partial charge in [-0.25, -0.2) is 0 Å². The Morgan fingerprint density at radius 3 is 2.69 bits per heavy atom. The van der Waals surface area contributed by atoms with Crippen LogP contribution in [0.4, 0.5) is 5.69 Å². The van der Waals surface area contributed by atoms with Crippen LogP contribution in [0, 0.1) is 0 Å². The van der Waals surface area contributed by atoms with E-state index in [0.717, 1.165) is 46.3 Å². The van der Waals surface area contributed by atoms with Crippen LogP contribution < -0.4 is 4.90 Å².